The van der Waals surface area contributed by atoms with Crippen LogP contribution in [0, 0.1) is 5.92 Å². The first-order valence-electron chi connectivity index (χ1n) is 10.9. The van der Waals surface area contributed by atoms with Crippen LogP contribution in [-0.4, -0.2) is 69.7 Å². The van der Waals surface area contributed by atoms with E-state index in [0.717, 1.165) is 0 Å². The van der Waals surface area contributed by atoms with Crippen LogP contribution in [0.2, 0.25) is 0 Å². The molecule has 174 valence electrons. The van der Waals surface area contributed by atoms with Crippen molar-refractivity contribution in [2.75, 3.05) is 13.1 Å². The minimum atomic E-state index is -0.864. The van der Waals surface area contributed by atoms with Crippen LogP contribution in [0.4, 0.5) is 4.79 Å². The maximum Gasteiger partial charge on any atom is 0.413 e. The molecule has 0 saturated carbocycles. The van der Waals surface area contributed by atoms with Gasteiger partial charge in [0, 0.05) is 18.8 Å². The van der Waals surface area contributed by atoms with E-state index in [2.05, 4.69) is 10.3 Å². The van der Waals surface area contributed by atoms with E-state index in [0.29, 0.717) is 19.4 Å². The minimum Gasteiger partial charge on any atom is -0.469 e. The van der Waals surface area contributed by atoms with Gasteiger partial charge in [0.2, 0.25) is 5.91 Å². The second-order valence-corrected chi connectivity index (χ2v) is 8.62. The van der Waals surface area contributed by atoms with Crippen molar-refractivity contribution in [1.82, 2.24) is 20.1 Å². The molecule has 33 heavy (non-hydrogen) atoms. The molecule has 10 nitrogen and oxygen atoms in total. The van der Waals surface area contributed by atoms with Crippen molar-refractivity contribution < 1.29 is 28.3 Å². The number of aromatic nitrogens is 1. The van der Waals surface area contributed by atoms with Crippen LogP contribution in [-0.2, 0) is 9.59 Å². The molecule has 0 spiro atoms. The van der Waals surface area contributed by atoms with Crippen LogP contribution in [0.25, 0.3) is 0 Å². The molecule has 3 unspecified atom stereocenters. The highest BCUT2D eigenvalue weighted by Gasteiger charge is 2.52. The molecule has 10 heteroatoms. The molecule has 2 fully saturated rings. The summed E-state index contributed by atoms with van der Waals surface area (Å²) in [6, 6.07) is 4.51. The van der Waals surface area contributed by atoms with Gasteiger partial charge < -0.3 is 24.3 Å². The normalized spacial score (nSPS) is 20.6. The van der Waals surface area contributed by atoms with Crippen molar-refractivity contribution in [2.45, 2.75) is 44.8 Å². The molecule has 4 rings (SSSR count). The lowest BCUT2D eigenvalue weighted by Gasteiger charge is -2.28. The largest absolute Gasteiger partial charge is 0.469 e. The maximum atomic E-state index is 13.4. The second kappa shape index (κ2) is 9.43. The minimum absolute atomic E-state index is 0.0701. The zero-order valence-electron chi connectivity index (χ0n) is 18.5. The number of hydrogen-bond donors (Lipinski definition) is 1. The van der Waals surface area contributed by atoms with Gasteiger partial charge in [0.15, 0.2) is 11.5 Å². The summed E-state index contributed by atoms with van der Waals surface area (Å²) in [5.74, 6) is -0.557. The van der Waals surface area contributed by atoms with Gasteiger partial charge in [-0.25, -0.2) is 4.79 Å². The fraction of sp³-hybridized carbons (Fsp3) is 0.435. The lowest BCUT2D eigenvalue weighted by atomic mass is 10.0. The maximum absolute atomic E-state index is 13.4. The highest BCUT2D eigenvalue weighted by Crippen LogP contribution is 2.31. The van der Waals surface area contributed by atoms with Crippen LogP contribution >= 0.6 is 0 Å². The number of hydrogen-bond acceptors (Lipinski definition) is 7. The number of amides is 3. The number of rotatable bonds is 6. The molecule has 0 radical (unpaired) electrons. The van der Waals surface area contributed by atoms with Gasteiger partial charge in [-0.1, -0.05) is 19.9 Å². The van der Waals surface area contributed by atoms with Gasteiger partial charge in [0.05, 0.1) is 18.8 Å². The number of furan rings is 1. The van der Waals surface area contributed by atoms with E-state index in [-0.39, 0.29) is 41.5 Å². The molecule has 2 aromatic rings. The average molecular weight is 454 g/mol. The smallest absolute Gasteiger partial charge is 0.413 e. The highest BCUT2D eigenvalue weighted by molar-refractivity contribution is 6.02. The number of nitrogens with one attached hydrogen (secondary N) is 1. The summed E-state index contributed by atoms with van der Waals surface area (Å²) < 4.78 is 10.0. The molecule has 3 atom stereocenters. The number of Topliss-reactive ketones (excluding diaryl/α,β-unsaturated/α-hetero) is 1. The first-order chi connectivity index (χ1) is 15.8. The van der Waals surface area contributed by atoms with Crippen LogP contribution in [0.1, 0.15) is 37.2 Å². The van der Waals surface area contributed by atoms with E-state index in [1.165, 1.54) is 34.6 Å². The third kappa shape index (κ3) is 4.74. The number of fused-ring (bicyclic) bond motifs is 1. The fourth-order valence-corrected chi connectivity index (χ4v) is 4.46. The molecular formula is C23H26N4O6. The number of ketones is 1. The van der Waals surface area contributed by atoms with Crippen molar-refractivity contribution in [3.63, 3.8) is 0 Å². The van der Waals surface area contributed by atoms with E-state index in [4.69, 9.17) is 9.15 Å². The molecule has 3 amide bonds. The number of carbonyl (C=O) groups excluding carboxylic acids is 4. The molecule has 0 aromatic carbocycles. The summed E-state index contributed by atoms with van der Waals surface area (Å²) >= 11 is 0. The van der Waals surface area contributed by atoms with E-state index in [1.54, 1.807) is 18.2 Å². The van der Waals surface area contributed by atoms with Crippen LogP contribution < -0.4 is 10.1 Å². The number of pyridine rings is 1. The van der Waals surface area contributed by atoms with Crippen molar-refractivity contribution in [3.8, 4) is 5.75 Å². The van der Waals surface area contributed by atoms with Gasteiger partial charge in [-0.05, 0) is 30.9 Å². The van der Waals surface area contributed by atoms with Crippen molar-refractivity contribution in [2.24, 2.45) is 5.92 Å². The monoisotopic (exact) mass is 454 g/mol. The van der Waals surface area contributed by atoms with Gasteiger partial charge in [-0.3, -0.25) is 19.4 Å². The molecule has 0 bridgehead atoms. The van der Waals surface area contributed by atoms with E-state index in [9.17, 15) is 19.2 Å². The van der Waals surface area contributed by atoms with Crippen LogP contribution in [0.15, 0.2) is 47.4 Å². The number of ether oxygens (including phenoxy) is 1. The number of likely N-dealkylation sites (tertiary alicyclic amines) is 2. The summed E-state index contributed by atoms with van der Waals surface area (Å²) in [6.45, 7) is 4.12. The quantitative estimate of drug-likeness (QED) is 0.707. The third-order valence-electron chi connectivity index (χ3n) is 5.85. The molecule has 1 N–H and O–H groups in total. The summed E-state index contributed by atoms with van der Waals surface area (Å²) in [7, 11) is 0. The van der Waals surface area contributed by atoms with Gasteiger partial charge in [-0.2, -0.15) is 0 Å². The van der Waals surface area contributed by atoms with Crippen LogP contribution in [0.5, 0.6) is 5.75 Å². The highest BCUT2D eigenvalue weighted by atomic mass is 16.6. The number of carbonyl (C=O) groups is 4. The van der Waals surface area contributed by atoms with E-state index in [1.807, 2.05) is 13.8 Å². The topological polar surface area (TPSA) is 122 Å². The summed E-state index contributed by atoms with van der Waals surface area (Å²) in [5.41, 5.74) is 0.261. The molecule has 0 aliphatic carbocycles. The lowest BCUT2D eigenvalue weighted by molar-refractivity contribution is -0.138. The molecule has 4 heterocycles. The summed E-state index contributed by atoms with van der Waals surface area (Å²) in [6.07, 6.45) is 4.24. The Labute approximate surface area is 190 Å². The first-order valence-corrected chi connectivity index (χ1v) is 10.9. The predicted molar refractivity (Wildman–Crippen MR) is 115 cm³/mol. The Balaban J connectivity index is 1.47. The average Bonchev–Trinajstić information content (AvgIpc) is 3.52. The van der Waals surface area contributed by atoms with Gasteiger partial charge in [-0.15, -0.1) is 0 Å². The Morgan fingerprint density at radius 1 is 1.24 bits per heavy atom. The van der Waals surface area contributed by atoms with Gasteiger partial charge in [0.25, 0.3) is 5.91 Å². The SMILES string of the molecule is CC(C)CC(NC(=O)Oc1ccoc1)C(=O)N1CCC2C1C(=O)CN2C(=O)c1ccccn1. The van der Waals surface area contributed by atoms with Gasteiger partial charge >= 0.3 is 6.09 Å². The molecule has 2 aromatic heterocycles. The van der Waals surface area contributed by atoms with Crippen molar-refractivity contribution in [3.05, 3.63) is 48.7 Å². The zero-order chi connectivity index (χ0) is 23.5. The zero-order valence-corrected chi connectivity index (χ0v) is 18.5. The van der Waals surface area contributed by atoms with Gasteiger partial charge in [0.1, 0.15) is 24.0 Å². The Bertz CT molecular complexity index is 1020. The summed E-state index contributed by atoms with van der Waals surface area (Å²) in [4.78, 5) is 58.6. The van der Waals surface area contributed by atoms with Crippen molar-refractivity contribution in [1.29, 1.82) is 0 Å². The molecule has 2 saturated heterocycles. The Morgan fingerprint density at radius 3 is 2.73 bits per heavy atom. The summed E-state index contributed by atoms with van der Waals surface area (Å²) in [5, 5.41) is 2.62. The molecular weight excluding hydrogens is 428 g/mol. The lowest BCUT2D eigenvalue weighted by Crippen LogP contribution is -2.53. The first kappa shape index (κ1) is 22.5. The third-order valence-corrected chi connectivity index (χ3v) is 5.85. The standard InChI is InChI=1S/C23H26N4O6/c1-14(2)11-17(25-23(31)33-15-7-10-32-13-15)22(30)26-9-6-18-20(26)19(28)12-27(18)21(29)16-5-3-4-8-24-16/h3-5,7-8,10,13-14,17-18,20H,6,9,11-12H2,1-2H3,(H,25,31). The Morgan fingerprint density at radius 2 is 2.06 bits per heavy atom. The van der Waals surface area contributed by atoms with Crippen LogP contribution in [0.3, 0.4) is 0 Å². The van der Waals surface area contributed by atoms with Crippen molar-refractivity contribution >= 4 is 23.7 Å². The Hall–Kier alpha value is -3.69. The Kier molecular flexibility index (Phi) is 6.43. The molecule has 2 aliphatic heterocycles. The number of nitrogens with zero attached hydrogens (tertiary/aromatic N) is 3. The molecule has 2 aliphatic rings. The van der Waals surface area contributed by atoms with E-state index < -0.39 is 24.2 Å². The fourth-order valence-electron chi connectivity index (χ4n) is 4.46. The van der Waals surface area contributed by atoms with E-state index >= 15 is 0 Å². The second-order valence-electron chi connectivity index (χ2n) is 8.62. The predicted octanol–water partition coefficient (Wildman–Crippen LogP) is 1.87.